The lowest BCUT2D eigenvalue weighted by molar-refractivity contribution is 0.0911. The maximum absolute atomic E-state index is 12.5. The predicted molar refractivity (Wildman–Crippen MR) is 104 cm³/mol. The number of likely N-dealkylation sites (N-methyl/N-ethyl adjacent to an activating group) is 1. The highest BCUT2D eigenvalue weighted by molar-refractivity contribution is 6.32. The maximum Gasteiger partial charge on any atom is 0.287 e. The van der Waals surface area contributed by atoms with E-state index in [0.717, 1.165) is 17.1 Å². The standard InChI is InChI=1S/C20H21ClN2O4/c1-11-7-18-13(8-14(11)21)16(24)9-19(27-18)20(25)22-10-15(23(3)4)17-6-5-12(2)26-17/h5-9,15H,10H2,1-4H3,(H,22,25)/t15-/m1/s1. The van der Waals surface area contributed by atoms with Gasteiger partial charge in [-0.25, -0.2) is 0 Å². The van der Waals surface area contributed by atoms with Gasteiger partial charge in [-0.15, -0.1) is 0 Å². The second-order valence-electron chi connectivity index (χ2n) is 6.71. The van der Waals surface area contributed by atoms with Crippen LogP contribution in [0.1, 0.15) is 33.7 Å². The van der Waals surface area contributed by atoms with E-state index in [4.69, 9.17) is 20.4 Å². The van der Waals surface area contributed by atoms with Crippen LogP contribution in [0.5, 0.6) is 0 Å². The van der Waals surface area contributed by atoms with Crippen molar-refractivity contribution in [2.24, 2.45) is 0 Å². The minimum Gasteiger partial charge on any atom is -0.465 e. The Hall–Kier alpha value is -2.57. The molecule has 1 amide bonds. The second kappa shape index (κ2) is 7.58. The lowest BCUT2D eigenvalue weighted by Gasteiger charge is -2.22. The van der Waals surface area contributed by atoms with Gasteiger partial charge in [0.1, 0.15) is 17.1 Å². The van der Waals surface area contributed by atoms with Crippen LogP contribution in [0.25, 0.3) is 11.0 Å². The number of carbonyl (C=O) groups is 1. The fraction of sp³-hybridized carbons (Fsp3) is 0.300. The van der Waals surface area contributed by atoms with E-state index < -0.39 is 5.91 Å². The maximum atomic E-state index is 12.5. The number of halogens is 1. The number of furan rings is 1. The van der Waals surface area contributed by atoms with Gasteiger partial charge in [-0.3, -0.25) is 14.5 Å². The molecular weight excluding hydrogens is 368 g/mol. The molecule has 0 aliphatic carbocycles. The Bertz CT molecular complexity index is 1050. The molecule has 1 atom stereocenters. The summed E-state index contributed by atoms with van der Waals surface area (Å²) in [4.78, 5) is 26.8. The van der Waals surface area contributed by atoms with Crippen LogP contribution in [0.4, 0.5) is 0 Å². The van der Waals surface area contributed by atoms with E-state index in [-0.39, 0.29) is 17.2 Å². The first-order valence-electron chi connectivity index (χ1n) is 8.51. The van der Waals surface area contributed by atoms with E-state index in [1.807, 2.05) is 45.0 Å². The Morgan fingerprint density at radius 1 is 1.19 bits per heavy atom. The average molecular weight is 389 g/mol. The molecule has 0 unspecified atom stereocenters. The summed E-state index contributed by atoms with van der Waals surface area (Å²) >= 11 is 6.06. The Labute approximate surface area is 161 Å². The van der Waals surface area contributed by atoms with Gasteiger partial charge in [0, 0.05) is 17.6 Å². The zero-order valence-electron chi connectivity index (χ0n) is 15.6. The molecule has 7 heteroatoms. The minimum absolute atomic E-state index is 0.0395. The van der Waals surface area contributed by atoms with Crippen molar-refractivity contribution >= 4 is 28.5 Å². The van der Waals surface area contributed by atoms with E-state index in [1.54, 1.807) is 12.1 Å². The van der Waals surface area contributed by atoms with Gasteiger partial charge in [0.2, 0.25) is 0 Å². The lowest BCUT2D eigenvalue weighted by Crippen LogP contribution is -2.34. The number of rotatable bonds is 5. The molecule has 0 saturated heterocycles. The molecule has 0 bridgehead atoms. The molecule has 27 heavy (non-hydrogen) atoms. The summed E-state index contributed by atoms with van der Waals surface area (Å²) in [5.41, 5.74) is 0.792. The number of hydrogen-bond donors (Lipinski definition) is 1. The van der Waals surface area contributed by atoms with Gasteiger partial charge in [0.25, 0.3) is 5.91 Å². The van der Waals surface area contributed by atoms with E-state index >= 15 is 0 Å². The van der Waals surface area contributed by atoms with Gasteiger partial charge in [-0.05, 0) is 57.8 Å². The van der Waals surface area contributed by atoms with Gasteiger partial charge < -0.3 is 14.2 Å². The van der Waals surface area contributed by atoms with Crippen LogP contribution in [-0.2, 0) is 0 Å². The van der Waals surface area contributed by atoms with Crippen molar-refractivity contribution in [3.05, 3.63) is 68.4 Å². The molecule has 1 N–H and O–H groups in total. The first-order valence-corrected chi connectivity index (χ1v) is 8.89. The van der Waals surface area contributed by atoms with Crippen LogP contribution in [0.2, 0.25) is 5.02 Å². The third kappa shape index (κ3) is 4.07. The van der Waals surface area contributed by atoms with Gasteiger partial charge in [-0.2, -0.15) is 0 Å². The van der Waals surface area contributed by atoms with Gasteiger partial charge in [0.15, 0.2) is 11.2 Å². The fourth-order valence-corrected chi connectivity index (χ4v) is 3.00. The summed E-state index contributed by atoms with van der Waals surface area (Å²) in [7, 11) is 3.80. The molecule has 0 saturated carbocycles. The average Bonchev–Trinajstić information content (AvgIpc) is 3.02. The van der Waals surface area contributed by atoms with Crippen LogP contribution in [0.3, 0.4) is 0 Å². The lowest BCUT2D eigenvalue weighted by atomic mass is 10.1. The number of amides is 1. The van der Waals surface area contributed by atoms with Crippen LogP contribution < -0.4 is 10.7 Å². The first-order chi connectivity index (χ1) is 12.8. The molecule has 142 valence electrons. The molecule has 0 radical (unpaired) electrons. The Morgan fingerprint density at radius 3 is 2.56 bits per heavy atom. The van der Waals surface area contributed by atoms with Crippen molar-refractivity contribution in [2.75, 3.05) is 20.6 Å². The number of nitrogens with one attached hydrogen (secondary N) is 1. The Morgan fingerprint density at radius 2 is 1.93 bits per heavy atom. The summed E-state index contributed by atoms with van der Waals surface area (Å²) < 4.78 is 11.3. The van der Waals surface area contributed by atoms with Crippen LogP contribution in [0, 0.1) is 13.8 Å². The van der Waals surface area contributed by atoms with E-state index in [1.165, 1.54) is 6.07 Å². The zero-order chi connectivity index (χ0) is 19.7. The fourth-order valence-electron chi connectivity index (χ4n) is 2.84. The summed E-state index contributed by atoms with van der Waals surface area (Å²) in [5.74, 6) is 1.06. The summed E-state index contributed by atoms with van der Waals surface area (Å²) in [5, 5.41) is 3.63. The van der Waals surface area contributed by atoms with Crippen LogP contribution in [0.15, 0.2) is 44.0 Å². The SMILES string of the molecule is Cc1ccc([C@@H](CNC(=O)c2cc(=O)c3cc(Cl)c(C)cc3o2)N(C)C)o1. The van der Waals surface area contributed by atoms with E-state index in [0.29, 0.717) is 22.5 Å². The molecular formula is C20H21ClN2O4. The van der Waals surface area contributed by atoms with Gasteiger partial charge in [-0.1, -0.05) is 11.6 Å². The molecule has 2 heterocycles. The minimum atomic E-state index is -0.461. The number of fused-ring (bicyclic) bond motifs is 1. The number of aryl methyl sites for hydroxylation is 2. The highest BCUT2D eigenvalue weighted by Crippen LogP contribution is 2.23. The highest BCUT2D eigenvalue weighted by atomic mass is 35.5. The Kier molecular flexibility index (Phi) is 5.39. The van der Waals surface area contributed by atoms with Crippen molar-refractivity contribution in [1.82, 2.24) is 10.2 Å². The second-order valence-corrected chi connectivity index (χ2v) is 7.12. The zero-order valence-corrected chi connectivity index (χ0v) is 16.4. The van der Waals surface area contributed by atoms with Crippen LogP contribution >= 0.6 is 11.6 Å². The van der Waals surface area contributed by atoms with Crippen molar-refractivity contribution in [2.45, 2.75) is 19.9 Å². The first kappa shape index (κ1) is 19.2. The summed E-state index contributed by atoms with van der Waals surface area (Å²) in [6.07, 6.45) is 0. The molecule has 0 aliphatic heterocycles. The summed E-state index contributed by atoms with van der Waals surface area (Å²) in [6, 6.07) is 8.02. The molecule has 3 rings (SSSR count). The molecule has 0 spiro atoms. The largest absolute Gasteiger partial charge is 0.465 e. The smallest absolute Gasteiger partial charge is 0.287 e. The van der Waals surface area contributed by atoms with Crippen molar-refractivity contribution < 1.29 is 13.6 Å². The van der Waals surface area contributed by atoms with Gasteiger partial charge in [0.05, 0.1) is 11.4 Å². The third-order valence-electron chi connectivity index (χ3n) is 4.40. The Balaban J connectivity index is 1.83. The molecule has 0 fully saturated rings. The third-order valence-corrected chi connectivity index (χ3v) is 4.81. The molecule has 0 aliphatic rings. The number of hydrogen-bond acceptors (Lipinski definition) is 5. The predicted octanol–water partition coefficient (Wildman–Crippen LogP) is 3.69. The van der Waals surface area contributed by atoms with Crippen LogP contribution in [-0.4, -0.2) is 31.4 Å². The summed E-state index contributed by atoms with van der Waals surface area (Å²) in [6.45, 7) is 3.98. The van der Waals surface area contributed by atoms with Crippen molar-refractivity contribution in [3.63, 3.8) is 0 Å². The molecule has 3 aromatic rings. The van der Waals surface area contributed by atoms with E-state index in [9.17, 15) is 9.59 Å². The molecule has 6 nitrogen and oxygen atoms in total. The van der Waals surface area contributed by atoms with Gasteiger partial charge >= 0.3 is 0 Å². The topological polar surface area (TPSA) is 75.7 Å². The number of nitrogens with zero attached hydrogens (tertiary/aromatic N) is 1. The van der Waals surface area contributed by atoms with Crippen molar-refractivity contribution in [1.29, 1.82) is 0 Å². The normalized spacial score (nSPS) is 12.5. The quantitative estimate of drug-likeness (QED) is 0.721. The number of benzene rings is 1. The molecule has 2 aromatic heterocycles. The number of carbonyl (C=O) groups excluding carboxylic acids is 1. The monoisotopic (exact) mass is 388 g/mol. The van der Waals surface area contributed by atoms with E-state index in [2.05, 4.69) is 5.32 Å². The van der Waals surface area contributed by atoms with Crippen molar-refractivity contribution in [3.8, 4) is 0 Å². The molecule has 1 aromatic carbocycles. The highest BCUT2D eigenvalue weighted by Gasteiger charge is 2.20.